The number of rotatable bonds is 1. The molecule has 0 aromatic heterocycles. The lowest BCUT2D eigenvalue weighted by Gasteiger charge is -2.28. The quantitative estimate of drug-likeness (QED) is 0.784. The second-order valence-electron chi connectivity index (χ2n) is 4.86. The van der Waals surface area contributed by atoms with Crippen molar-refractivity contribution in [3.63, 3.8) is 0 Å². The average molecular weight is 219 g/mol. The van der Waals surface area contributed by atoms with Gasteiger partial charge in [0.25, 0.3) is 5.79 Å². The van der Waals surface area contributed by atoms with Gasteiger partial charge in [-0.2, -0.15) is 0 Å². The van der Waals surface area contributed by atoms with E-state index >= 15 is 0 Å². The molecule has 3 rings (SSSR count). The lowest BCUT2D eigenvalue weighted by Crippen LogP contribution is -2.44. The number of hydrogen-bond acceptors (Lipinski definition) is 3. The molecule has 0 aliphatic carbocycles. The monoisotopic (exact) mass is 219 g/mol. The first kappa shape index (κ1) is 9.97. The zero-order valence-corrected chi connectivity index (χ0v) is 9.75. The fourth-order valence-electron chi connectivity index (χ4n) is 2.51. The van der Waals surface area contributed by atoms with Crippen molar-refractivity contribution < 1.29 is 9.47 Å². The van der Waals surface area contributed by atoms with Crippen molar-refractivity contribution in [2.24, 2.45) is 5.92 Å². The second-order valence-corrected chi connectivity index (χ2v) is 4.86. The third-order valence-electron chi connectivity index (χ3n) is 3.53. The van der Waals surface area contributed by atoms with E-state index in [4.69, 9.17) is 9.47 Å². The summed E-state index contributed by atoms with van der Waals surface area (Å²) in [7, 11) is 0. The van der Waals surface area contributed by atoms with Gasteiger partial charge in [-0.05, 0) is 37.6 Å². The van der Waals surface area contributed by atoms with E-state index in [-0.39, 0.29) is 0 Å². The highest BCUT2D eigenvalue weighted by Gasteiger charge is 2.45. The minimum Gasteiger partial charge on any atom is -0.448 e. The molecule has 3 heteroatoms. The van der Waals surface area contributed by atoms with Gasteiger partial charge in [-0.1, -0.05) is 6.07 Å². The average Bonchev–Trinajstić information content (AvgIpc) is 2.83. The highest BCUT2D eigenvalue weighted by Crippen LogP contribution is 2.43. The first-order valence-corrected chi connectivity index (χ1v) is 5.87. The van der Waals surface area contributed by atoms with Crippen LogP contribution in [0.4, 0.5) is 0 Å². The Hall–Kier alpha value is -1.22. The van der Waals surface area contributed by atoms with Crippen LogP contribution in [0.1, 0.15) is 18.9 Å². The Morgan fingerprint density at radius 3 is 2.88 bits per heavy atom. The lowest BCUT2D eigenvalue weighted by molar-refractivity contribution is -0.104. The first-order valence-electron chi connectivity index (χ1n) is 5.87. The third kappa shape index (κ3) is 1.47. The van der Waals surface area contributed by atoms with Gasteiger partial charge in [0.2, 0.25) is 0 Å². The molecule has 2 unspecified atom stereocenters. The van der Waals surface area contributed by atoms with Gasteiger partial charge in [0.15, 0.2) is 11.5 Å². The summed E-state index contributed by atoms with van der Waals surface area (Å²) in [5, 5.41) is 3.35. The van der Waals surface area contributed by atoms with E-state index in [1.807, 2.05) is 19.1 Å². The fraction of sp³-hybridized carbons (Fsp3) is 0.538. The normalized spacial score (nSPS) is 32.0. The van der Waals surface area contributed by atoms with Crippen LogP contribution in [0.5, 0.6) is 11.5 Å². The molecule has 0 radical (unpaired) electrons. The number of hydrogen-bond donors (Lipinski definition) is 1. The van der Waals surface area contributed by atoms with Crippen LogP contribution in [0.2, 0.25) is 0 Å². The van der Waals surface area contributed by atoms with E-state index in [1.54, 1.807) is 0 Å². The van der Waals surface area contributed by atoms with Crippen molar-refractivity contribution >= 4 is 0 Å². The Morgan fingerprint density at radius 2 is 2.12 bits per heavy atom. The number of aryl methyl sites for hydroxylation is 1. The molecule has 2 atom stereocenters. The second kappa shape index (κ2) is 3.39. The van der Waals surface area contributed by atoms with E-state index in [0.29, 0.717) is 5.92 Å². The maximum absolute atomic E-state index is 6.00. The predicted molar refractivity (Wildman–Crippen MR) is 61.8 cm³/mol. The number of ether oxygens (including phenoxy) is 2. The van der Waals surface area contributed by atoms with E-state index in [1.165, 1.54) is 5.56 Å². The highest BCUT2D eigenvalue weighted by atomic mass is 16.7. The molecular formula is C13H17NO2. The molecule has 1 aromatic rings. The summed E-state index contributed by atoms with van der Waals surface area (Å²) in [6.07, 6.45) is 1.11. The SMILES string of the molecule is Cc1ccc2c(c1)OC(C)(C1CCNC1)O2. The van der Waals surface area contributed by atoms with Crippen molar-refractivity contribution in [2.45, 2.75) is 26.1 Å². The molecule has 3 nitrogen and oxygen atoms in total. The molecule has 0 spiro atoms. The fourth-order valence-corrected chi connectivity index (χ4v) is 2.51. The van der Waals surface area contributed by atoms with Crippen molar-refractivity contribution in [1.29, 1.82) is 0 Å². The zero-order valence-electron chi connectivity index (χ0n) is 9.75. The first-order chi connectivity index (χ1) is 7.67. The summed E-state index contributed by atoms with van der Waals surface area (Å²) in [5.74, 6) is 1.70. The van der Waals surface area contributed by atoms with Crippen LogP contribution < -0.4 is 14.8 Å². The van der Waals surface area contributed by atoms with Crippen LogP contribution in [0.15, 0.2) is 18.2 Å². The number of nitrogens with one attached hydrogen (secondary N) is 1. The van der Waals surface area contributed by atoms with Crippen molar-refractivity contribution in [1.82, 2.24) is 5.32 Å². The molecule has 86 valence electrons. The Bertz CT molecular complexity index is 412. The van der Waals surface area contributed by atoms with Crippen molar-refractivity contribution in [2.75, 3.05) is 13.1 Å². The predicted octanol–water partition coefficient (Wildman–Crippen LogP) is 2.09. The molecule has 0 amide bonds. The molecule has 1 fully saturated rings. The highest BCUT2D eigenvalue weighted by molar-refractivity contribution is 5.45. The molecular weight excluding hydrogens is 202 g/mol. The Morgan fingerprint density at radius 1 is 1.31 bits per heavy atom. The van der Waals surface area contributed by atoms with Gasteiger partial charge in [0, 0.05) is 19.4 Å². The minimum absolute atomic E-state index is 0.431. The smallest absolute Gasteiger partial charge is 0.252 e. The largest absolute Gasteiger partial charge is 0.448 e. The van der Waals surface area contributed by atoms with Crippen LogP contribution in [0.25, 0.3) is 0 Å². The number of fused-ring (bicyclic) bond motifs is 1. The summed E-state index contributed by atoms with van der Waals surface area (Å²) in [5.41, 5.74) is 1.20. The van der Waals surface area contributed by atoms with Crippen LogP contribution >= 0.6 is 0 Å². The van der Waals surface area contributed by atoms with E-state index in [9.17, 15) is 0 Å². The molecule has 0 saturated carbocycles. The van der Waals surface area contributed by atoms with Crippen molar-refractivity contribution in [3.8, 4) is 11.5 Å². The third-order valence-corrected chi connectivity index (χ3v) is 3.53. The zero-order chi connectivity index (χ0) is 11.2. The number of benzene rings is 1. The van der Waals surface area contributed by atoms with Gasteiger partial charge in [-0.15, -0.1) is 0 Å². The van der Waals surface area contributed by atoms with Crippen LogP contribution in [-0.2, 0) is 0 Å². The van der Waals surface area contributed by atoms with Gasteiger partial charge in [-0.3, -0.25) is 0 Å². The van der Waals surface area contributed by atoms with E-state index in [2.05, 4.69) is 18.3 Å². The lowest BCUT2D eigenvalue weighted by atomic mass is 9.99. The van der Waals surface area contributed by atoms with Crippen LogP contribution in [0, 0.1) is 12.8 Å². The summed E-state index contributed by atoms with van der Waals surface area (Å²) in [6.45, 7) is 6.14. The maximum atomic E-state index is 6.00. The standard InChI is InChI=1S/C13H17NO2/c1-9-3-4-11-12(7-9)16-13(2,15-11)10-5-6-14-8-10/h3-4,7,10,14H,5-6,8H2,1-2H3. The minimum atomic E-state index is -0.486. The molecule has 2 heterocycles. The Balaban J connectivity index is 1.88. The van der Waals surface area contributed by atoms with E-state index < -0.39 is 5.79 Å². The van der Waals surface area contributed by atoms with Gasteiger partial charge < -0.3 is 14.8 Å². The summed E-state index contributed by atoms with van der Waals surface area (Å²) in [6, 6.07) is 6.10. The van der Waals surface area contributed by atoms with Crippen LogP contribution in [0.3, 0.4) is 0 Å². The van der Waals surface area contributed by atoms with Gasteiger partial charge >= 0.3 is 0 Å². The Labute approximate surface area is 95.8 Å². The molecule has 1 saturated heterocycles. The molecule has 0 bridgehead atoms. The van der Waals surface area contributed by atoms with Gasteiger partial charge in [0.05, 0.1) is 0 Å². The Kier molecular flexibility index (Phi) is 2.11. The maximum Gasteiger partial charge on any atom is 0.252 e. The van der Waals surface area contributed by atoms with Gasteiger partial charge in [0.1, 0.15) is 0 Å². The van der Waals surface area contributed by atoms with Crippen molar-refractivity contribution in [3.05, 3.63) is 23.8 Å². The summed E-state index contributed by atoms with van der Waals surface area (Å²) < 4.78 is 12.0. The molecule has 2 aliphatic heterocycles. The van der Waals surface area contributed by atoms with E-state index in [0.717, 1.165) is 31.0 Å². The molecule has 1 N–H and O–H groups in total. The summed E-state index contributed by atoms with van der Waals surface area (Å²) in [4.78, 5) is 0. The molecule has 2 aliphatic rings. The summed E-state index contributed by atoms with van der Waals surface area (Å²) >= 11 is 0. The van der Waals surface area contributed by atoms with Gasteiger partial charge in [-0.25, -0.2) is 0 Å². The topological polar surface area (TPSA) is 30.5 Å². The van der Waals surface area contributed by atoms with Crippen LogP contribution in [-0.4, -0.2) is 18.9 Å². The molecule has 1 aromatic carbocycles. The molecule has 16 heavy (non-hydrogen) atoms.